The summed E-state index contributed by atoms with van der Waals surface area (Å²) in [6.45, 7) is 1.93. The van der Waals surface area contributed by atoms with Crippen LogP contribution in [0.1, 0.15) is 5.69 Å². The molecule has 0 spiro atoms. The molecule has 0 atom stereocenters. The smallest absolute Gasteiger partial charge is 0.274 e. The van der Waals surface area contributed by atoms with Crippen LogP contribution >= 0.6 is 0 Å². The van der Waals surface area contributed by atoms with Gasteiger partial charge in [0, 0.05) is 18.0 Å². The van der Waals surface area contributed by atoms with Crippen LogP contribution in [0.25, 0.3) is 5.65 Å². The molecule has 0 bridgehead atoms. The summed E-state index contributed by atoms with van der Waals surface area (Å²) in [4.78, 5) is 17.4. The molecule has 2 aromatic rings. The van der Waals surface area contributed by atoms with Crippen LogP contribution in [0, 0.1) is 6.92 Å². The molecule has 0 amide bonds. The van der Waals surface area contributed by atoms with Crippen LogP contribution in [0.15, 0.2) is 23.4 Å². The molecule has 2 rings (SSSR count). The quantitative estimate of drug-likeness (QED) is 0.586. The Labute approximate surface area is 62.5 Å². The number of nitrogens with one attached hydrogen (secondary N) is 1. The standard InChI is InChI=1S/C7H7N3O/c1-5-3-10-4-8-7(11)2-6(10)9-5/h2-4,9H,1H3. The Balaban J connectivity index is 2.92. The number of aromatic nitrogens is 3. The SMILES string of the molecule is Cc1cn2cnc(=O)cc2[nH]1. The van der Waals surface area contributed by atoms with E-state index in [1.54, 1.807) is 4.40 Å². The predicted molar refractivity (Wildman–Crippen MR) is 40.5 cm³/mol. The number of hydrogen-bond acceptors (Lipinski definition) is 2. The molecular formula is C7H7N3O. The van der Waals surface area contributed by atoms with E-state index < -0.39 is 0 Å². The Morgan fingerprint density at radius 1 is 1.64 bits per heavy atom. The van der Waals surface area contributed by atoms with Crippen LogP contribution in [0.5, 0.6) is 0 Å². The average Bonchev–Trinajstić information content (AvgIpc) is 2.27. The zero-order chi connectivity index (χ0) is 7.84. The fourth-order valence-corrected chi connectivity index (χ4v) is 1.06. The van der Waals surface area contributed by atoms with Crippen LogP contribution in [0.2, 0.25) is 0 Å². The van der Waals surface area contributed by atoms with Gasteiger partial charge in [0.15, 0.2) is 0 Å². The highest BCUT2D eigenvalue weighted by Crippen LogP contribution is 1.98. The molecule has 11 heavy (non-hydrogen) atoms. The Bertz CT molecular complexity index is 440. The zero-order valence-electron chi connectivity index (χ0n) is 6.03. The van der Waals surface area contributed by atoms with Crippen LogP contribution in [-0.2, 0) is 0 Å². The van der Waals surface area contributed by atoms with Gasteiger partial charge in [0.1, 0.15) is 12.0 Å². The van der Waals surface area contributed by atoms with Crippen molar-refractivity contribution in [2.24, 2.45) is 0 Å². The second kappa shape index (κ2) is 1.95. The van der Waals surface area contributed by atoms with E-state index in [1.165, 1.54) is 12.4 Å². The molecule has 0 aliphatic heterocycles. The van der Waals surface area contributed by atoms with E-state index in [-0.39, 0.29) is 5.56 Å². The molecule has 0 fully saturated rings. The predicted octanol–water partition coefficient (Wildman–Crippen LogP) is 0.331. The number of H-pyrrole nitrogens is 1. The molecule has 0 radical (unpaired) electrons. The highest BCUT2D eigenvalue weighted by atomic mass is 16.1. The van der Waals surface area contributed by atoms with Crippen molar-refractivity contribution in [1.29, 1.82) is 0 Å². The molecule has 0 saturated heterocycles. The Morgan fingerprint density at radius 3 is 3.27 bits per heavy atom. The van der Waals surface area contributed by atoms with Crippen LogP contribution < -0.4 is 5.56 Å². The van der Waals surface area contributed by atoms with E-state index >= 15 is 0 Å². The number of aromatic amines is 1. The highest BCUT2D eigenvalue weighted by Gasteiger charge is 1.94. The third kappa shape index (κ3) is 0.920. The number of imidazole rings is 1. The van der Waals surface area contributed by atoms with E-state index in [0.29, 0.717) is 0 Å². The second-order valence-electron chi connectivity index (χ2n) is 2.46. The summed E-state index contributed by atoms with van der Waals surface area (Å²) >= 11 is 0. The van der Waals surface area contributed by atoms with Crippen molar-refractivity contribution in [3.8, 4) is 0 Å². The molecular weight excluding hydrogens is 142 g/mol. The lowest BCUT2D eigenvalue weighted by atomic mass is 10.6. The summed E-state index contributed by atoms with van der Waals surface area (Å²) in [5.74, 6) is 0. The Kier molecular flexibility index (Phi) is 1.09. The minimum absolute atomic E-state index is 0.216. The maximum Gasteiger partial charge on any atom is 0.274 e. The third-order valence-corrected chi connectivity index (χ3v) is 1.51. The first-order valence-electron chi connectivity index (χ1n) is 3.29. The van der Waals surface area contributed by atoms with Gasteiger partial charge >= 0.3 is 0 Å². The molecule has 2 heterocycles. The molecule has 4 heteroatoms. The van der Waals surface area contributed by atoms with Gasteiger partial charge in [-0.3, -0.25) is 9.20 Å². The van der Waals surface area contributed by atoms with Gasteiger partial charge in [-0.15, -0.1) is 0 Å². The molecule has 0 aliphatic rings. The summed E-state index contributed by atoms with van der Waals surface area (Å²) in [6, 6.07) is 1.47. The lowest BCUT2D eigenvalue weighted by Gasteiger charge is -1.86. The molecule has 0 saturated carbocycles. The van der Waals surface area contributed by atoms with Gasteiger partial charge in [-0.1, -0.05) is 0 Å². The molecule has 0 unspecified atom stereocenters. The van der Waals surface area contributed by atoms with E-state index in [9.17, 15) is 4.79 Å². The van der Waals surface area contributed by atoms with Crippen molar-refractivity contribution in [2.75, 3.05) is 0 Å². The summed E-state index contributed by atoms with van der Waals surface area (Å²) < 4.78 is 1.77. The van der Waals surface area contributed by atoms with Crippen molar-refractivity contribution in [3.63, 3.8) is 0 Å². The zero-order valence-corrected chi connectivity index (χ0v) is 6.03. The van der Waals surface area contributed by atoms with Crippen molar-refractivity contribution >= 4 is 5.65 Å². The molecule has 2 aromatic heterocycles. The fraction of sp³-hybridized carbons (Fsp3) is 0.143. The Morgan fingerprint density at radius 2 is 2.45 bits per heavy atom. The van der Waals surface area contributed by atoms with E-state index in [1.807, 2.05) is 13.1 Å². The largest absolute Gasteiger partial charge is 0.344 e. The number of aryl methyl sites for hydroxylation is 1. The van der Waals surface area contributed by atoms with Crippen molar-refractivity contribution in [1.82, 2.24) is 14.4 Å². The second-order valence-corrected chi connectivity index (χ2v) is 2.46. The Hall–Kier alpha value is -1.58. The number of nitrogens with zero attached hydrogens (tertiary/aromatic N) is 2. The van der Waals surface area contributed by atoms with E-state index in [2.05, 4.69) is 9.97 Å². The van der Waals surface area contributed by atoms with Gasteiger partial charge in [0.25, 0.3) is 5.56 Å². The fourth-order valence-electron chi connectivity index (χ4n) is 1.06. The first-order valence-corrected chi connectivity index (χ1v) is 3.29. The maximum atomic E-state index is 10.7. The summed E-state index contributed by atoms with van der Waals surface area (Å²) in [5, 5.41) is 0. The summed E-state index contributed by atoms with van der Waals surface area (Å²) in [7, 11) is 0. The van der Waals surface area contributed by atoms with Gasteiger partial charge in [0.2, 0.25) is 0 Å². The summed E-state index contributed by atoms with van der Waals surface area (Å²) in [6.07, 6.45) is 3.38. The van der Waals surface area contributed by atoms with Gasteiger partial charge < -0.3 is 4.98 Å². The van der Waals surface area contributed by atoms with Gasteiger partial charge in [-0.25, -0.2) is 0 Å². The number of rotatable bonds is 0. The minimum atomic E-state index is -0.216. The molecule has 56 valence electrons. The summed E-state index contributed by atoms with van der Waals surface area (Å²) in [5.41, 5.74) is 1.58. The van der Waals surface area contributed by atoms with Gasteiger partial charge in [-0.05, 0) is 6.92 Å². The normalized spacial score (nSPS) is 10.6. The van der Waals surface area contributed by atoms with Crippen molar-refractivity contribution in [2.45, 2.75) is 6.92 Å². The van der Waals surface area contributed by atoms with Crippen LogP contribution in [0.4, 0.5) is 0 Å². The van der Waals surface area contributed by atoms with Gasteiger partial charge in [0.05, 0.1) is 0 Å². The number of fused-ring (bicyclic) bond motifs is 1. The van der Waals surface area contributed by atoms with Gasteiger partial charge in [-0.2, -0.15) is 4.98 Å². The highest BCUT2D eigenvalue weighted by molar-refractivity contribution is 5.37. The lowest BCUT2D eigenvalue weighted by molar-refractivity contribution is 1.05. The number of hydrogen-bond donors (Lipinski definition) is 1. The van der Waals surface area contributed by atoms with E-state index in [4.69, 9.17) is 0 Å². The molecule has 1 N–H and O–H groups in total. The molecule has 0 aliphatic carbocycles. The first-order chi connectivity index (χ1) is 5.25. The van der Waals surface area contributed by atoms with Crippen molar-refractivity contribution in [3.05, 3.63) is 34.6 Å². The topological polar surface area (TPSA) is 50.2 Å². The van der Waals surface area contributed by atoms with Crippen molar-refractivity contribution < 1.29 is 0 Å². The van der Waals surface area contributed by atoms with Crippen LogP contribution in [0.3, 0.4) is 0 Å². The third-order valence-electron chi connectivity index (χ3n) is 1.51. The average molecular weight is 149 g/mol. The maximum absolute atomic E-state index is 10.7. The molecule has 0 aromatic carbocycles. The molecule has 4 nitrogen and oxygen atoms in total. The first kappa shape index (κ1) is 6.15. The minimum Gasteiger partial charge on any atom is -0.344 e. The van der Waals surface area contributed by atoms with Crippen LogP contribution in [-0.4, -0.2) is 14.4 Å². The van der Waals surface area contributed by atoms with E-state index in [0.717, 1.165) is 11.3 Å². The lowest BCUT2D eigenvalue weighted by Crippen LogP contribution is -2.04. The monoisotopic (exact) mass is 149 g/mol.